The van der Waals surface area contributed by atoms with E-state index < -0.39 is 44.7 Å². The fourth-order valence-electron chi connectivity index (χ4n) is 3.21. The molecule has 4 rings (SSSR count). The topological polar surface area (TPSA) is 112 Å². The Labute approximate surface area is 203 Å². The van der Waals surface area contributed by atoms with Gasteiger partial charge in [0.15, 0.2) is 26.5 Å². The standard InChI is InChI=1S/C23H20F2N2O6S2/c1-32-20(28)11-15-12-26-23(34-15)27-22(29)21(33-19-9-4-14(24)10-18(19)25)13-2-5-16(6-3-13)35(30,31)17-7-8-17/h2-6,9-10,12,17,21H,7-8,11H2,1H3,(H,26,27,29). The fraction of sp³-hybridized carbons (Fsp3) is 0.261. The summed E-state index contributed by atoms with van der Waals surface area (Å²) in [6.45, 7) is 0. The number of nitrogens with one attached hydrogen (secondary N) is 1. The molecule has 1 saturated carbocycles. The first-order valence-corrected chi connectivity index (χ1v) is 12.8. The number of rotatable bonds is 9. The van der Waals surface area contributed by atoms with Crippen molar-refractivity contribution in [2.24, 2.45) is 0 Å². The molecule has 1 unspecified atom stereocenters. The van der Waals surface area contributed by atoms with Gasteiger partial charge in [0, 0.05) is 22.7 Å². The zero-order valence-corrected chi connectivity index (χ0v) is 20.0. The highest BCUT2D eigenvalue weighted by Crippen LogP contribution is 2.34. The van der Waals surface area contributed by atoms with Gasteiger partial charge in [-0.25, -0.2) is 22.2 Å². The van der Waals surface area contributed by atoms with Crippen LogP contribution in [-0.2, 0) is 30.6 Å². The summed E-state index contributed by atoms with van der Waals surface area (Å²) in [5.41, 5.74) is 0.243. The Kier molecular flexibility index (Phi) is 7.13. The lowest BCUT2D eigenvalue weighted by molar-refractivity contribution is -0.139. The summed E-state index contributed by atoms with van der Waals surface area (Å²) < 4.78 is 62.8. The van der Waals surface area contributed by atoms with Gasteiger partial charge < -0.3 is 9.47 Å². The van der Waals surface area contributed by atoms with Crippen molar-refractivity contribution >= 4 is 38.2 Å². The van der Waals surface area contributed by atoms with Gasteiger partial charge in [-0.15, -0.1) is 11.3 Å². The van der Waals surface area contributed by atoms with E-state index in [9.17, 15) is 26.8 Å². The zero-order chi connectivity index (χ0) is 25.2. The highest BCUT2D eigenvalue weighted by molar-refractivity contribution is 7.92. The summed E-state index contributed by atoms with van der Waals surface area (Å²) in [6.07, 6.45) is 1.17. The summed E-state index contributed by atoms with van der Waals surface area (Å²) in [5.74, 6) is -3.39. The molecule has 1 amide bonds. The second-order valence-corrected chi connectivity index (χ2v) is 11.1. The van der Waals surface area contributed by atoms with Gasteiger partial charge in [-0.1, -0.05) is 12.1 Å². The molecule has 1 aliphatic carbocycles. The Morgan fingerprint density at radius 3 is 2.51 bits per heavy atom. The van der Waals surface area contributed by atoms with Crippen LogP contribution in [0.3, 0.4) is 0 Å². The molecular formula is C23H20F2N2O6S2. The van der Waals surface area contributed by atoms with Gasteiger partial charge in [-0.2, -0.15) is 0 Å². The Hall–Kier alpha value is -3.38. The van der Waals surface area contributed by atoms with Crippen LogP contribution < -0.4 is 10.1 Å². The van der Waals surface area contributed by atoms with Crippen molar-refractivity contribution in [2.75, 3.05) is 12.4 Å². The lowest BCUT2D eigenvalue weighted by Gasteiger charge is -2.19. The average molecular weight is 523 g/mol. The van der Waals surface area contributed by atoms with Gasteiger partial charge in [0.1, 0.15) is 5.82 Å². The van der Waals surface area contributed by atoms with Crippen molar-refractivity contribution in [1.29, 1.82) is 0 Å². The van der Waals surface area contributed by atoms with E-state index in [4.69, 9.17) is 4.74 Å². The SMILES string of the molecule is COC(=O)Cc1cnc(NC(=O)C(Oc2ccc(F)cc2F)c2ccc(S(=O)(=O)C3CC3)cc2)s1. The number of benzene rings is 2. The van der Waals surface area contributed by atoms with Crippen LogP contribution in [-0.4, -0.2) is 37.6 Å². The third-order valence-electron chi connectivity index (χ3n) is 5.18. The predicted octanol–water partition coefficient (Wildman–Crippen LogP) is 3.83. The minimum atomic E-state index is -3.45. The number of esters is 1. The predicted molar refractivity (Wildman–Crippen MR) is 123 cm³/mol. The van der Waals surface area contributed by atoms with Gasteiger partial charge in [-0.05, 0) is 37.1 Å². The Morgan fingerprint density at radius 1 is 1.17 bits per heavy atom. The van der Waals surface area contributed by atoms with Crippen LogP contribution >= 0.6 is 11.3 Å². The Morgan fingerprint density at radius 2 is 1.89 bits per heavy atom. The van der Waals surface area contributed by atoms with Crippen molar-refractivity contribution in [3.8, 4) is 5.75 Å². The van der Waals surface area contributed by atoms with E-state index in [-0.39, 0.29) is 27.8 Å². The highest BCUT2D eigenvalue weighted by Gasteiger charge is 2.37. The first kappa shape index (κ1) is 24.7. The number of sulfone groups is 1. The molecule has 1 aromatic heterocycles. The first-order chi connectivity index (χ1) is 16.7. The summed E-state index contributed by atoms with van der Waals surface area (Å²) in [5, 5.41) is 2.31. The normalized spacial score (nSPS) is 14.3. The molecule has 184 valence electrons. The Bertz CT molecular complexity index is 1350. The molecule has 0 radical (unpaired) electrons. The molecule has 1 heterocycles. The molecule has 0 saturated heterocycles. The molecule has 8 nitrogen and oxygen atoms in total. The smallest absolute Gasteiger partial charge is 0.310 e. The van der Waals surface area contributed by atoms with Gasteiger partial charge in [0.25, 0.3) is 5.91 Å². The number of methoxy groups -OCH3 is 1. The number of carbonyl (C=O) groups is 2. The first-order valence-electron chi connectivity index (χ1n) is 10.5. The molecule has 0 aliphatic heterocycles. The minimum Gasteiger partial charge on any atom is -0.473 e. The number of ether oxygens (including phenoxy) is 2. The monoisotopic (exact) mass is 522 g/mol. The minimum absolute atomic E-state index is 0.0261. The van der Waals surface area contributed by atoms with Gasteiger partial charge >= 0.3 is 5.97 Å². The van der Waals surface area contributed by atoms with Crippen LogP contribution in [0.25, 0.3) is 0 Å². The molecule has 1 atom stereocenters. The van der Waals surface area contributed by atoms with Crippen molar-refractivity contribution in [1.82, 2.24) is 4.98 Å². The molecular weight excluding hydrogens is 502 g/mol. The number of thiazole rings is 1. The van der Waals surface area contributed by atoms with Crippen LogP contribution in [0.2, 0.25) is 0 Å². The number of carbonyl (C=O) groups excluding carboxylic acids is 2. The van der Waals surface area contributed by atoms with Gasteiger partial charge in [0.05, 0.1) is 23.7 Å². The number of anilines is 1. The van der Waals surface area contributed by atoms with E-state index in [1.165, 1.54) is 37.6 Å². The van der Waals surface area contributed by atoms with E-state index in [1.54, 1.807) is 0 Å². The van der Waals surface area contributed by atoms with Crippen molar-refractivity contribution in [2.45, 2.75) is 35.5 Å². The van der Waals surface area contributed by atoms with Crippen LogP contribution in [0, 0.1) is 11.6 Å². The highest BCUT2D eigenvalue weighted by atomic mass is 32.2. The number of aromatic nitrogens is 1. The van der Waals surface area contributed by atoms with Gasteiger partial charge in [0.2, 0.25) is 6.10 Å². The summed E-state index contributed by atoms with van der Waals surface area (Å²) in [7, 11) is -2.19. The van der Waals surface area contributed by atoms with Crippen LogP contribution in [0.15, 0.2) is 53.6 Å². The molecule has 12 heteroatoms. The van der Waals surface area contributed by atoms with E-state index in [0.29, 0.717) is 23.8 Å². The van der Waals surface area contributed by atoms with Crippen molar-refractivity contribution in [3.63, 3.8) is 0 Å². The van der Waals surface area contributed by atoms with Crippen molar-refractivity contribution < 1.29 is 36.3 Å². The number of nitrogens with zero attached hydrogens (tertiary/aromatic N) is 1. The number of halogens is 2. The third kappa shape index (κ3) is 5.82. The summed E-state index contributed by atoms with van der Waals surface area (Å²) >= 11 is 1.04. The number of amides is 1. The lowest BCUT2D eigenvalue weighted by atomic mass is 10.1. The molecule has 0 bridgehead atoms. The Balaban J connectivity index is 1.60. The fourth-order valence-corrected chi connectivity index (χ4v) is 5.66. The average Bonchev–Trinajstić information content (AvgIpc) is 3.61. The lowest BCUT2D eigenvalue weighted by Crippen LogP contribution is -2.26. The molecule has 3 aromatic rings. The van der Waals surface area contributed by atoms with Gasteiger partial charge in [-0.3, -0.25) is 14.9 Å². The number of hydrogen-bond donors (Lipinski definition) is 1. The third-order valence-corrected chi connectivity index (χ3v) is 8.37. The van der Waals surface area contributed by atoms with Crippen LogP contribution in [0.4, 0.5) is 13.9 Å². The molecule has 1 fully saturated rings. The maximum atomic E-state index is 14.3. The van der Waals surface area contributed by atoms with Crippen LogP contribution in [0.1, 0.15) is 29.4 Å². The maximum Gasteiger partial charge on any atom is 0.310 e. The summed E-state index contributed by atoms with van der Waals surface area (Å²) in [6, 6.07) is 8.21. The molecule has 2 aromatic carbocycles. The van der Waals surface area contributed by atoms with E-state index in [2.05, 4.69) is 15.0 Å². The summed E-state index contributed by atoms with van der Waals surface area (Å²) in [4.78, 5) is 29.3. The quantitative estimate of drug-likeness (QED) is 0.425. The largest absolute Gasteiger partial charge is 0.473 e. The van der Waals surface area contributed by atoms with E-state index >= 15 is 0 Å². The molecule has 1 aliphatic rings. The van der Waals surface area contributed by atoms with E-state index in [1.807, 2.05) is 0 Å². The zero-order valence-electron chi connectivity index (χ0n) is 18.4. The van der Waals surface area contributed by atoms with E-state index in [0.717, 1.165) is 23.5 Å². The second kappa shape index (κ2) is 10.1. The molecule has 1 N–H and O–H groups in total. The second-order valence-electron chi connectivity index (χ2n) is 7.76. The molecule has 35 heavy (non-hydrogen) atoms. The van der Waals surface area contributed by atoms with Crippen LogP contribution in [0.5, 0.6) is 5.75 Å². The molecule has 0 spiro atoms. The maximum absolute atomic E-state index is 14.3. The number of hydrogen-bond acceptors (Lipinski definition) is 8. The van der Waals surface area contributed by atoms with Crippen molar-refractivity contribution in [3.05, 3.63) is 70.7 Å².